The summed E-state index contributed by atoms with van der Waals surface area (Å²) in [6.45, 7) is 1.38. The Morgan fingerprint density at radius 3 is 2.86 bits per heavy atom. The van der Waals surface area contributed by atoms with E-state index in [-0.39, 0.29) is 18.4 Å². The van der Waals surface area contributed by atoms with Crippen LogP contribution in [0.5, 0.6) is 0 Å². The maximum Gasteiger partial charge on any atom is 0.303 e. The number of likely N-dealkylation sites (tertiary alicyclic amines) is 1. The van der Waals surface area contributed by atoms with Gasteiger partial charge < -0.3 is 20.1 Å². The smallest absolute Gasteiger partial charge is 0.303 e. The molecule has 1 unspecified atom stereocenters. The minimum atomic E-state index is -0.818. The summed E-state index contributed by atoms with van der Waals surface area (Å²) in [5, 5.41) is 12.0. The van der Waals surface area contributed by atoms with Crippen LogP contribution in [0.1, 0.15) is 37.7 Å². The highest BCUT2D eigenvalue weighted by molar-refractivity contribution is 7.80. The van der Waals surface area contributed by atoms with Gasteiger partial charge in [-0.1, -0.05) is 36.3 Å². The van der Waals surface area contributed by atoms with Gasteiger partial charge in [0.15, 0.2) is 0 Å². The van der Waals surface area contributed by atoms with Crippen LogP contribution < -0.4 is 5.32 Å². The van der Waals surface area contributed by atoms with E-state index in [1.54, 1.807) is 4.90 Å². The third kappa shape index (κ3) is 7.97. The number of amides is 1. The summed E-state index contributed by atoms with van der Waals surface area (Å²) < 4.78 is 5.63. The molecule has 150 valence electrons. The minimum Gasteiger partial charge on any atom is -0.481 e. The Bertz CT molecular complexity index is 727. The van der Waals surface area contributed by atoms with Gasteiger partial charge in [0.05, 0.1) is 12.6 Å². The van der Waals surface area contributed by atoms with Crippen LogP contribution in [0.25, 0.3) is 0 Å². The molecule has 0 aliphatic carbocycles. The SMILES string of the molecule is O=C(O)CCCC#CCN1C(=O)CCC1COC(=S)NCCc1ccccc1. The molecule has 0 spiro atoms. The van der Waals surface area contributed by atoms with Gasteiger partial charge in [-0.3, -0.25) is 9.59 Å². The van der Waals surface area contributed by atoms with Gasteiger partial charge >= 0.3 is 5.97 Å². The molecule has 7 heteroatoms. The van der Waals surface area contributed by atoms with Crippen molar-refractivity contribution in [2.24, 2.45) is 0 Å². The summed E-state index contributed by atoms with van der Waals surface area (Å²) in [4.78, 5) is 24.2. The van der Waals surface area contributed by atoms with Crippen LogP contribution in [0.3, 0.4) is 0 Å². The van der Waals surface area contributed by atoms with Crippen molar-refractivity contribution in [2.45, 2.75) is 44.6 Å². The number of hydrogen-bond acceptors (Lipinski definition) is 4. The standard InChI is InChI=1S/C21H26N2O4S/c24-19-12-11-18(23(19)15-7-2-1-6-10-20(25)26)16-27-21(28)22-14-13-17-8-4-3-5-9-17/h3-5,8-9,18H,1,6,10-16H2,(H,22,28)(H,25,26). The van der Waals surface area contributed by atoms with E-state index in [0.29, 0.717) is 44.1 Å². The van der Waals surface area contributed by atoms with Gasteiger partial charge in [-0.2, -0.15) is 0 Å². The van der Waals surface area contributed by atoms with Crippen LogP contribution in [0.4, 0.5) is 0 Å². The van der Waals surface area contributed by atoms with Crippen molar-refractivity contribution in [3.8, 4) is 11.8 Å². The van der Waals surface area contributed by atoms with Crippen molar-refractivity contribution < 1.29 is 19.4 Å². The van der Waals surface area contributed by atoms with Gasteiger partial charge in [0.2, 0.25) is 5.91 Å². The third-order valence-electron chi connectivity index (χ3n) is 4.45. The van der Waals surface area contributed by atoms with Gasteiger partial charge in [-0.05, 0) is 37.0 Å². The molecule has 6 nitrogen and oxygen atoms in total. The average Bonchev–Trinajstić information content (AvgIpc) is 3.03. The van der Waals surface area contributed by atoms with Gasteiger partial charge in [0.1, 0.15) is 6.61 Å². The maximum absolute atomic E-state index is 12.0. The van der Waals surface area contributed by atoms with Crippen molar-refractivity contribution in [3.05, 3.63) is 35.9 Å². The molecule has 28 heavy (non-hydrogen) atoms. The Morgan fingerprint density at radius 1 is 1.32 bits per heavy atom. The van der Waals surface area contributed by atoms with E-state index in [4.69, 9.17) is 22.1 Å². The number of unbranched alkanes of at least 4 members (excludes halogenated alkanes) is 1. The van der Waals surface area contributed by atoms with E-state index in [0.717, 1.165) is 12.8 Å². The molecule has 1 aromatic rings. The quantitative estimate of drug-likeness (QED) is 0.375. The van der Waals surface area contributed by atoms with Crippen molar-refractivity contribution in [1.82, 2.24) is 10.2 Å². The second-order valence-electron chi connectivity index (χ2n) is 6.58. The monoisotopic (exact) mass is 402 g/mol. The number of nitrogens with one attached hydrogen (secondary N) is 1. The molecule has 0 aromatic heterocycles. The van der Waals surface area contributed by atoms with Crippen LogP contribution in [-0.4, -0.2) is 52.8 Å². The van der Waals surface area contributed by atoms with Crippen LogP contribution in [0, 0.1) is 11.8 Å². The highest BCUT2D eigenvalue weighted by Gasteiger charge is 2.30. The lowest BCUT2D eigenvalue weighted by molar-refractivity contribution is -0.137. The first kappa shape index (κ1) is 21.7. The summed E-state index contributed by atoms with van der Waals surface area (Å²) in [7, 11) is 0. The largest absolute Gasteiger partial charge is 0.481 e. The lowest BCUT2D eigenvalue weighted by Gasteiger charge is -2.23. The highest BCUT2D eigenvalue weighted by atomic mass is 32.1. The number of rotatable bonds is 9. The fourth-order valence-corrected chi connectivity index (χ4v) is 3.09. The predicted molar refractivity (Wildman–Crippen MR) is 111 cm³/mol. The second-order valence-corrected chi connectivity index (χ2v) is 6.95. The number of carboxylic acids is 1. The molecule has 1 fully saturated rings. The zero-order chi connectivity index (χ0) is 20.2. The molecule has 0 saturated carbocycles. The topological polar surface area (TPSA) is 78.9 Å². The van der Waals surface area contributed by atoms with E-state index >= 15 is 0 Å². The van der Waals surface area contributed by atoms with Crippen LogP contribution in [0.15, 0.2) is 30.3 Å². The molecule has 0 radical (unpaired) electrons. The molecule has 1 aliphatic heterocycles. The molecular weight excluding hydrogens is 376 g/mol. The molecule has 1 amide bonds. The molecule has 1 saturated heterocycles. The molecule has 1 heterocycles. The molecule has 0 bridgehead atoms. The molecule has 2 N–H and O–H groups in total. The van der Waals surface area contributed by atoms with Gasteiger partial charge in [0.25, 0.3) is 5.17 Å². The van der Waals surface area contributed by atoms with Crippen LogP contribution >= 0.6 is 12.2 Å². The number of thiocarbonyl (C=S) groups is 1. The zero-order valence-electron chi connectivity index (χ0n) is 15.9. The van der Waals surface area contributed by atoms with Gasteiger partial charge in [0, 0.05) is 25.8 Å². The Hall–Kier alpha value is -2.59. The van der Waals surface area contributed by atoms with E-state index in [1.807, 2.05) is 18.2 Å². The van der Waals surface area contributed by atoms with E-state index < -0.39 is 5.97 Å². The highest BCUT2D eigenvalue weighted by Crippen LogP contribution is 2.18. The maximum atomic E-state index is 12.0. The van der Waals surface area contributed by atoms with Crippen molar-refractivity contribution in [2.75, 3.05) is 19.7 Å². The molecule has 1 aromatic carbocycles. The Labute approximate surface area is 171 Å². The summed E-state index contributed by atoms with van der Waals surface area (Å²) in [6.07, 6.45) is 3.23. The van der Waals surface area contributed by atoms with E-state index in [9.17, 15) is 9.59 Å². The Balaban J connectivity index is 1.67. The average molecular weight is 403 g/mol. The number of aliphatic carboxylic acids is 1. The third-order valence-corrected chi connectivity index (χ3v) is 4.71. The number of carboxylic acid groups (broad SMARTS) is 1. The van der Waals surface area contributed by atoms with Gasteiger partial charge in [-0.25, -0.2) is 0 Å². The first-order valence-electron chi connectivity index (χ1n) is 9.48. The Kier molecular flexibility index (Phi) is 9.29. The first-order chi connectivity index (χ1) is 13.6. The van der Waals surface area contributed by atoms with Gasteiger partial charge in [-0.15, -0.1) is 5.92 Å². The minimum absolute atomic E-state index is 0.0327. The summed E-state index contributed by atoms with van der Waals surface area (Å²) in [6, 6.07) is 10.1. The van der Waals surface area contributed by atoms with E-state index in [2.05, 4.69) is 29.3 Å². The number of carbonyl (C=O) groups is 2. The second kappa shape index (κ2) is 12.0. The summed E-state index contributed by atoms with van der Waals surface area (Å²) in [5.74, 6) is 5.14. The van der Waals surface area contributed by atoms with Crippen LogP contribution in [-0.2, 0) is 20.7 Å². The van der Waals surface area contributed by atoms with Crippen LogP contribution in [0.2, 0.25) is 0 Å². The molecule has 1 atom stereocenters. The lowest BCUT2D eigenvalue weighted by Crippen LogP contribution is -2.38. The first-order valence-corrected chi connectivity index (χ1v) is 9.88. The Morgan fingerprint density at radius 2 is 2.11 bits per heavy atom. The number of ether oxygens (including phenoxy) is 1. The normalized spacial score (nSPS) is 15.6. The molecule has 2 rings (SSSR count). The molecular formula is C21H26N2O4S. The van der Waals surface area contributed by atoms with E-state index in [1.165, 1.54) is 5.56 Å². The van der Waals surface area contributed by atoms with Crippen molar-refractivity contribution in [3.63, 3.8) is 0 Å². The van der Waals surface area contributed by atoms with Crippen molar-refractivity contribution in [1.29, 1.82) is 0 Å². The fraction of sp³-hybridized carbons (Fsp3) is 0.476. The number of benzene rings is 1. The number of carbonyl (C=O) groups excluding carboxylic acids is 1. The fourth-order valence-electron chi connectivity index (χ4n) is 2.92. The number of hydrogen-bond donors (Lipinski definition) is 2. The zero-order valence-corrected chi connectivity index (χ0v) is 16.7. The number of nitrogens with zero attached hydrogens (tertiary/aromatic N) is 1. The summed E-state index contributed by atoms with van der Waals surface area (Å²) in [5.41, 5.74) is 1.23. The summed E-state index contributed by atoms with van der Waals surface area (Å²) >= 11 is 5.22. The lowest BCUT2D eigenvalue weighted by atomic mass is 10.1. The van der Waals surface area contributed by atoms with Crippen molar-refractivity contribution >= 4 is 29.3 Å². The predicted octanol–water partition coefficient (Wildman–Crippen LogP) is 2.37. The molecule has 1 aliphatic rings.